The highest BCUT2D eigenvalue weighted by Gasteiger charge is 2.30. The number of fused-ring (bicyclic) bond motifs is 1. The molecular weight excluding hydrogens is 244 g/mol. The number of hydrogen-bond donors (Lipinski definition) is 0. The van der Waals surface area contributed by atoms with Gasteiger partial charge >= 0.3 is 5.97 Å². The fraction of sp³-hybridized carbons (Fsp3) is 0.500. The van der Waals surface area contributed by atoms with Gasteiger partial charge in [0.2, 0.25) is 0 Å². The molecule has 0 atom stereocenters. The van der Waals surface area contributed by atoms with E-state index in [4.69, 9.17) is 9.26 Å². The summed E-state index contributed by atoms with van der Waals surface area (Å²) >= 11 is 0. The van der Waals surface area contributed by atoms with Gasteiger partial charge in [-0.25, -0.2) is 4.98 Å². The third kappa shape index (κ3) is 2.20. The van der Waals surface area contributed by atoms with Crippen molar-refractivity contribution < 1.29 is 14.1 Å². The first kappa shape index (κ1) is 12.1. The zero-order valence-electron chi connectivity index (χ0n) is 10.8. The van der Waals surface area contributed by atoms with Crippen molar-refractivity contribution in [2.45, 2.75) is 31.6 Å². The molecule has 100 valence electrons. The number of hydrogen-bond acceptors (Lipinski definition) is 5. The highest BCUT2D eigenvalue weighted by atomic mass is 16.5. The van der Waals surface area contributed by atoms with Gasteiger partial charge in [0.1, 0.15) is 0 Å². The molecule has 0 aliphatic heterocycles. The summed E-state index contributed by atoms with van der Waals surface area (Å²) in [6, 6.07) is 3.88. The van der Waals surface area contributed by atoms with Gasteiger partial charge < -0.3 is 9.26 Å². The topological polar surface area (TPSA) is 65.2 Å². The highest BCUT2D eigenvalue weighted by Crippen LogP contribution is 2.38. The maximum atomic E-state index is 11.5. The number of carbonyl (C=O) groups excluding carboxylic acids is 1. The number of pyridine rings is 1. The first-order chi connectivity index (χ1) is 9.29. The Morgan fingerprint density at radius 3 is 2.89 bits per heavy atom. The fourth-order valence-electron chi connectivity index (χ4n) is 2.86. The van der Waals surface area contributed by atoms with Gasteiger partial charge in [-0.15, -0.1) is 0 Å². The second-order valence-corrected chi connectivity index (χ2v) is 5.00. The monoisotopic (exact) mass is 260 g/mol. The van der Waals surface area contributed by atoms with Crippen LogP contribution in [-0.2, 0) is 9.53 Å². The van der Waals surface area contributed by atoms with E-state index >= 15 is 0 Å². The molecule has 1 saturated carbocycles. The van der Waals surface area contributed by atoms with Gasteiger partial charge in [0.05, 0.1) is 24.1 Å². The SMILES string of the molecule is COC(=O)C1CCC(c2noc3ncccc23)CC1. The van der Waals surface area contributed by atoms with Crippen LogP contribution in [0, 0.1) is 5.92 Å². The van der Waals surface area contributed by atoms with Gasteiger partial charge in [-0.2, -0.15) is 0 Å². The summed E-state index contributed by atoms with van der Waals surface area (Å²) in [6.45, 7) is 0. The van der Waals surface area contributed by atoms with Crippen LogP contribution in [0.15, 0.2) is 22.9 Å². The lowest BCUT2D eigenvalue weighted by molar-refractivity contribution is -0.146. The van der Waals surface area contributed by atoms with Crippen LogP contribution in [0.3, 0.4) is 0 Å². The van der Waals surface area contributed by atoms with Crippen LogP contribution in [0.4, 0.5) is 0 Å². The minimum atomic E-state index is -0.0925. The van der Waals surface area contributed by atoms with Crippen molar-refractivity contribution in [3.63, 3.8) is 0 Å². The van der Waals surface area contributed by atoms with E-state index in [1.807, 2.05) is 12.1 Å². The second-order valence-electron chi connectivity index (χ2n) is 5.00. The first-order valence-corrected chi connectivity index (χ1v) is 6.57. The Labute approximate surface area is 110 Å². The largest absolute Gasteiger partial charge is 0.469 e. The van der Waals surface area contributed by atoms with Crippen molar-refractivity contribution in [1.29, 1.82) is 0 Å². The molecule has 0 saturated heterocycles. The van der Waals surface area contributed by atoms with Crippen LogP contribution in [0.2, 0.25) is 0 Å². The maximum absolute atomic E-state index is 11.5. The standard InChI is InChI=1S/C14H16N2O3/c1-18-14(17)10-6-4-9(5-7-10)12-11-3-2-8-15-13(11)19-16-12/h2-3,8-10H,4-7H2,1H3. The molecule has 0 aromatic carbocycles. The lowest BCUT2D eigenvalue weighted by Gasteiger charge is -2.25. The lowest BCUT2D eigenvalue weighted by atomic mass is 9.80. The Morgan fingerprint density at radius 2 is 2.16 bits per heavy atom. The summed E-state index contributed by atoms with van der Waals surface area (Å²) in [6.07, 6.45) is 5.29. The normalized spacial score (nSPS) is 23.4. The summed E-state index contributed by atoms with van der Waals surface area (Å²) in [7, 11) is 1.45. The molecule has 2 aromatic heterocycles. The smallest absolute Gasteiger partial charge is 0.308 e. The first-order valence-electron chi connectivity index (χ1n) is 6.57. The molecule has 0 N–H and O–H groups in total. The number of rotatable bonds is 2. The van der Waals surface area contributed by atoms with E-state index in [2.05, 4.69) is 10.1 Å². The molecule has 5 nitrogen and oxygen atoms in total. The van der Waals surface area contributed by atoms with Gasteiger partial charge in [-0.3, -0.25) is 4.79 Å². The van der Waals surface area contributed by atoms with Crippen molar-refractivity contribution in [3.8, 4) is 0 Å². The van der Waals surface area contributed by atoms with Crippen molar-refractivity contribution >= 4 is 17.1 Å². The molecule has 0 unspecified atom stereocenters. The molecule has 3 rings (SSSR count). The summed E-state index contributed by atoms with van der Waals surface area (Å²) in [5, 5.41) is 5.15. The molecule has 2 aromatic rings. The van der Waals surface area contributed by atoms with E-state index in [0.717, 1.165) is 36.8 Å². The minimum absolute atomic E-state index is 0.0394. The molecule has 1 aliphatic carbocycles. The summed E-state index contributed by atoms with van der Waals surface area (Å²) < 4.78 is 10.0. The lowest BCUT2D eigenvalue weighted by Crippen LogP contribution is -2.22. The molecule has 5 heteroatoms. The van der Waals surface area contributed by atoms with Crippen molar-refractivity contribution in [3.05, 3.63) is 24.0 Å². The van der Waals surface area contributed by atoms with Crippen molar-refractivity contribution in [2.75, 3.05) is 7.11 Å². The fourth-order valence-corrected chi connectivity index (χ4v) is 2.86. The van der Waals surface area contributed by atoms with E-state index in [0.29, 0.717) is 11.6 Å². The molecule has 0 bridgehead atoms. The molecule has 0 spiro atoms. The third-order valence-corrected chi connectivity index (χ3v) is 3.93. The molecule has 1 aliphatic rings. The number of ether oxygens (including phenoxy) is 1. The van der Waals surface area contributed by atoms with E-state index in [9.17, 15) is 4.79 Å². The van der Waals surface area contributed by atoms with E-state index in [1.54, 1.807) is 6.20 Å². The molecule has 1 fully saturated rings. The predicted octanol–water partition coefficient (Wildman–Crippen LogP) is 2.67. The third-order valence-electron chi connectivity index (χ3n) is 3.93. The quantitative estimate of drug-likeness (QED) is 0.777. The predicted molar refractivity (Wildman–Crippen MR) is 68.5 cm³/mol. The number of nitrogens with zero attached hydrogens (tertiary/aromatic N) is 2. The number of aromatic nitrogens is 2. The molecule has 2 heterocycles. The van der Waals surface area contributed by atoms with Gasteiger partial charge in [0, 0.05) is 12.1 Å². The van der Waals surface area contributed by atoms with Crippen LogP contribution in [0.5, 0.6) is 0 Å². The Bertz CT molecular complexity index is 585. The Kier molecular flexibility index (Phi) is 3.19. The maximum Gasteiger partial charge on any atom is 0.308 e. The highest BCUT2D eigenvalue weighted by molar-refractivity contribution is 5.76. The average molecular weight is 260 g/mol. The summed E-state index contributed by atoms with van der Waals surface area (Å²) in [5.74, 6) is 0.300. The van der Waals surface area contributed by atoms with Gasteiger partial charge in [0.25, 0.3) is 5.71 Å². The van der Waals surface area contributed by atoms with Gasteiger partial charge in [-0.05, 0) is 37.8 Å². The average Bonchev–Trinajstić information content (AvgIpc) is 2.90. The number of carbonyl (C=O) groups is 1. The zero-order valence-corrected chi connectivity index (χ0v) is 10.8. The van der Waals surface area contributed by atoms with E-state index < -0.39 is 0 Å². The van der Waals surface area contributed by atoms with E-state index in [-0.39, 0.29) is 11.9 Å². The Morgan fingerprint density at radius 1 is 1.37 bits per heavy atom. The summed E-state index contributed by atoms with van der Waals surface area (Å²) in [4.78, 5) is 15.7. The van der Waals surface area contributed by atoms with Crippen LogP contribution < -0.4 is 0 Å². The van der Waals surface area contributed by atoms with Crippen LogP contribution in [0.25, 0.3) is 11.1 Å². The zero-order chi connectivity index (χ0) is 13.2. The van der Waals surface area contributed by atoms with Crippen LogP contribution in [-0.4, -0.2) is 23.2 Å². The van der Waals surface area contributed by atoms with Crippen molar-refractivity contribution in [2.24, 2.45) is 5.92 Å². The molecule has 0 amide bonds. The molecule has 19 heavy (non-hydrogen) atoms. The van der Waals surface area contributed by atoms with Gasteiger partial charge in [0.15, 0.2) is 0 Å². The Balaban J connectivity index is 1.77. The minimum Gasteiger partial charge on any atom is -0.469 e. The summed E-state index contributed by atoms with van der Waals surface area (Å²) in [5.41, 5.74) is 1.57. The molecule has 0 radical (unpaired) electrons. The van der Waals surface area contributed by atoms with E-state index in [1.165, 1.54) is 7.11 Å². The van der Waals surface area contributed by atoms with Crippen LogP contribution in [0.1, 0.15) is 37.3 Å². The number of esters is 1. The van der Waals surface area contributed by atoms with Crippen LogP contribution >= 0.6 is 0 Å². The van der Waals surface area contributed by atoms with Crippen molar-refractivity contribution in [1.82, 2.24) is 10.1 Å². The van der Waals surface area contributed by atoms with Gasteiger partial charge in [-0.1, -0.05) is 5.16 Å². The molecular formula is C14H16N2O3. The second kappa shape index (κ2) is 4.99. The number of methoxy groups -OCH3 is 1. The Hall–Kier alpha value is -1.91.